The smallest absolute Gasteiger partial charge is 0.355 e. The van der Waals surface area contributed by atoms with Gasteiger partial charge in [0.1, 0.15) is 5.69 Å². The van der Waals surface area contributed by atoms with Gasteiger partial charge in [0.25, 0.3) is 5.91 Å². The largest absolute Gasteiger partial charge is 0.448 e. The van der Waals surface area contributed by atoms with Gasteiger partial charge in [0.05, 0.1) is 0 Å². The van der Waals surface area contributed by atoms with E-state index in [9.17, 15) is 9.59 Å². The van der Waals surface area contributed by atoms with Crippen molar-refractivity contribution in [2.75, 3.05) is 0 Å². The van der Waals surface area contributed by atoms with Crippen LogP contribution in [0.15, 0.2) is 30.3 Å². The molecular weight excluding hydrogens is 316 g/mol. The van der Waals surface area contributed by atoms with Gasteiger partial charge in [-0.25, -0.2) is 4.79 Å². The molecular formula is C20H26N2O3. The number of hydrogen-bond acceptors (Lipinski definition) is 3. The van der Waals surface area contributed by atoms with Crippen molar-refractivity contribution in [2.24, 2.45) is 11.8 Å². The maximum atomic E-state index is 12.4. The highest BCUT2D eigenvalue weighted by molar-refractivity contribution is 5.96. The predicted molar refractivity (Wildman–Crippen MR) is 97.3 cm³/mol. The molecule has 3 rings (SSSR count). The summed E-state index contributed by atoms with van der Waals surface area (Å²) in [5, 5.41) is 4.00. The fraction of sp³-hybridized carbons (Fsp3) is 0.500. The molecule has 1 aliphatic carbocycles. The number of rotatable bonds is 4. The second-order valence-electron chi connectivity index (χ2n) is 7.20. The normalized spacial score (nSPS) is 24.7. The fourth-order valence-corrected chi connectivity index (χ4v) is 3.55. The minimum absolute atomic E-state index is 0.158. The first-order valence-electron chi connectivity index (χ1n) is 9.05. The molecule has 1 amide bonds. The molecule has 1 aromatic carbocycles. The molecule has 2 aromatic rings. The van der Waals surface area contributed by atoms with E-state index >= 15 is 0 Å². The Kier molecular flexibility index (Phi) is 5.11. The van der Waals surface area contributed by atoms with E-state index in [-0.39, 0.29) is 11.9 Å². The number of fused-ring (bicyclic) bond motifs is 1. The van der Waals surface area contributed by atoms with Gasteiger partial charge in [0.15, 0.2) is 6.10 Å². The number of H-pyrrole nitrogens is 1. The molecule has 1 fully saturated rings. The second kappa shape index (κ2) is 7.30. The molecule has 1 aliphatic rings. The third kappa shape index (κ3) is 3.86. The van der Waals surface area contributed by atoms with Crippen LogP contribution in [0.4, 0.5) is 0 Å². The topological polar surface area (TPSA) is 71.2 Å². The number of benzene rings is 1. The minimum atomic E-state index is -0.816. The number of aromatic nitrogens is 1. The Morgan fingerprint density at radius 3 is 2.76 bits per heavy atom. The van der Waals surface area contributed by atoms with Crippen molar-refractivity contribution >= 4 is 22.8 Å². The molecule has 0 radical (unpaired) electrons. The van der Waals surface area contributed by atoms with Gasteiger partial charge in [0, 0.05) is 16.9 Å². The lowest BCUT2D eigenvalue weighted by molar-refractivity contribution is -0.130. The van der Waals surface area contributed by atoms with E-state index in [2.05, 4.69) is 24.1 Å². The van der Waals surface area contributed by atoms with Gasteiger partial charge >= 0.3 is 5.97 Å². The molecule has 25 heavy (non-hydrogen) atoms. The van der Waals surface area contributed by atoms with Crippen LogP contribution in [-0.2, 0) is 9.53 Å². The Balaban J connectivity index is 1.59. The van der Waals surface area contributed by atoms with Crippen molar-refractivity contribution in [1.29, 1.82) is 0 Å². The van der Waals surface area contributed by atoms with Crippen LogP contribution in [0.1, 0.15) is 50.5 Å². The van der Waals surface area contributed by atoms with E-state index in [0.717, 1.165) is 23.7 Å². The lowest BCUT2D eigenvalue weighted by Gasteiger charge is -2.35. The van der Waals surface area contributed by atoms with E-state index in [4.69, 9.17) is 4.74 Å². The number of esters is 1. The monoisotopic (exact) mass is 342 g/mol. The van der Waals surface area contributed by atoms with Crippen molar-refractivity contribution in [3.05, 3.63) is 36.0 Å². The van der Waals surface area contributed by atoms with Crippen molar-refractivity contribution in [3.8, 4) is 0 Å². The number of carbonyl (C=O) groups is 2. The Hall–Kier alpha value is -2.30. The van der Waals surface area contributed by atoms with Gasteiger partial charge in [-0.05, 0) is 37.3 Å². The summed E-state index contributed by atoms with van der Waals surface area (Å²) in [4.78, 5) is 27.7. The van der Waals surface area contributed by atoms with Crippen LogP contribution in [0.2, 0.25) is 0 Å². The zero-order valence-electron chi connectivity index (χ0n) is 15.0. The first kappa shape index (κ1) is 17.5. The molecule has 1 saturated carbocycles. The molecule has 0 spiro atoms. The van der Waals surface area contributed by atoms with E-state index in [1.807, 2.05) is 24.3 Å². The Morgan fingerprint density at radius 1 is 1.24 bits per heavy atom. The molecule has 134 valence electrons. The number of amides is 1. The highest BCUT2D eigenvalue weighted by atomic mass is 16.5. The standard InChI is InChI=1S/C20H26N2O3/c1-12-7-6-10-16(13(12)2)22-19(23)14(3)25-20(24)18-11-15-8-4-5-9-17(15)21-18/h4-5,8-9,11-14,16,21H,6-7,10H2,1-3H3,(H,22,23)/t12-,13+,14+,16+/m0/s1. The lowest BCUT2D eigenvalue weighted by atomic mass is 9.78. The molecule has 0 aliphatic heterocycles. The summed E-state index contributed by atoms with van der Waals surface area (Å²) < 4.78 is 5.35. The van der Waals surface area contributed by atoms with Gasteiger partial charge in [-0.2, -0.15) is 0 Å². The lowest BCUT2D eigenvalue weighted by Crippen LogP contribution is -2.47. The van der Waals surface area contributed by atoms with Crippen molar-refractivity contribution in [3.63, 3.8) is 0 Å². The zero-order valence-corrected chi connectivity index (χ0v) is 15.0. The number of carbonyl (C=O) groups excluding carboxylic acids is 2. The summed E-state index contributed by atoms with van der Waals surface area (Å²) in [6.45, 7) is 6.02. The zero-order chi connectivity index (χ0) is 18.0. The number of hydrogen-bond donors (Lipinski definition) is 2. The van der Waals surface area contributed by atoms with Crippen molar-refractivity contribution in [2.45, 2.75) is 52.2 Å². The van der Waals surface area contributed by atoms with Crippen LogP contribution in [-0.4, -0.2) is 29.0 Å². The quantitative estimate of drug-likeness (QED) is 0.833. The van der Waals surface area contributed by atoms with Gasteiger partial charge < -0.3 is 15.0 Å². The SMILES string of the molecule is C[C@@H]1[C@@H](C)CCC[C@H]1NC(=O)[C@@H](C)OC(=O)c1cc2ccccc2[nH]1. The molecule has 2 N–H and O–H groups in total. The molecule has 1 aromatic heterocycles. The van der Waals surface area contributed by atoms with Crippen LogP contribution in [0.5, 0.6) is 0 Å². The molecule has 5 nitrogen and oxygen atoms in total. The minimum Gasteiger partial charge on any atom is -0.448 e. The highest BCUT2D eigenvalue weighted by Gasteiger charge is 2.30. The Morgan fingerprint density at radius 2 is 2.00 bits per heavy atom. The van der Waals surface area contributed by atoms with Crippen LogP contribution in [0, 0.1) is 11.8 Å². The number of ether oxygens (including phenoxy) is 1. The first-order chi connectivity index (χ1) is 12.0. The number of aromatic amines is 1. The van der Waals surface area contributed by atoms with Gasteiger partial charge in [-0.3, -0.25) is 4.79 Å². The Labute approximate surface area is 148 Å². The third-order valence-electron chi connectivity index (χ3n) is 5.44. The predicted octanol–water partition coefficient (Wildman–Crippen LogP) is 3.65. The fourth-order valence-electron chi connectivity index (χ4n) is 3.55. The van der Waals surface area contributed by atoms with Crippen LogP contribution in [0.3, 0.4) is 0 Å². The third-order valence-corrected chi connectivity index (χ3v) is 5.44. The Bertz CT molecular complexity index is 734. The molecule has 5 heteroatoms. The first-order valence-corrected chi connectivity index (χ1v) is 9.05. The molecule has 4 atom stereocenters. The average Bonchev–Trinajstić information content (AvgIpc) is 3.03. The number of nitrogens with one attached hydrogen (secondary N) is 2. The van der Waals surface area contributed by atoms with Gasteiger partial charge in [-0.1, -0.05) is 44.9 Å². The van der Waals surface area contributed by atoms with E-state index in [1.165, 1.54) is 6.42 Å². The molecule has 0 saturated heterocycles. The molecule has 1 heterocycles. The number of para-hydroxylation sites is 1. The molecule has 0 unspecified atom stereocenters. The van der Waals surface area contributed by atoms with E-state index < -0.39 is 12.1 Å². The summed E-state index contributed by atoms with van der Waals surface area (Å²) in [5.74, 6) is 0.303. The summed E-state index contributed by atoms with van der Waals surface area (Å²) in [6.07, 6.45) is 2.50. The van der Waals surface area contributed by atoms with Crippen LogP contribution >= 0.6 is 0 Å². The molecule has 0 bridgehead atoms. The highest BCUT2D eigenvalue weighted by Crippen LogP contribution is 2.29. The summed E-state index contributed by atoms with van der Waals surface area (Å²) >= 11 is 0. The van der Waals surface area contributed by atoms with Crippen molar-refractivity contribution in [1.82, 2.24) is 10.3 Å². The maximum absolute atomic E-state index is 12.4. The summed E-state index contributed by atoms with van der Waals surface area (Å²) in [7, 11) is 0. The van der Waals surface area contributed by atoms with Crippen molar-refractivity contribution < 1.29 is 14.3 Å². The summed E-state index contributed by atoms with van der Waals surface area (Å²) in [5.41, 5.74) is 1.23. The van der Waals surface area contributed by atoms with Crippen LogP contribution < -0.4 is 5.32 Å². The van der Waals surface area contributed by atoms with Gasteiger partial charge in [0.2, 0.25) is 0 Å². The van der Waals surface area contributed by atoms with E-state index in [1.54, 1.807) is 13.0 Å². The second-order valence-corrected chi connectivity index (χ2v) is 7.20. The van der Waals surface area contributed by atoms with Gasteiger partial charge in [-0.15, -0.1) is 0 Å². The van der Waals surface area contributed by atoms with Crippen LogP contribution in [0.25, 0.3) is 10.9 Å². The maximum Gasteiger partial charge on any atom is 0.355 e. The average molecular weight is 342 g/mol. The summed E-state index contributed by atoms with van der Waals surface area (Å²) in [6, 6.07) is 9.53. The van der Waals surface area contributed by atoms with E-state index in [0.29, 0.717) is 17.5 Å².